The summed E-state index contributed by atoms with van der Waals surface area (Å²) < 4.78 is 3.68. The molecule has 4 rings (SSSR count). The van der Waals surface area contributed by atoms with E-state index in [9.17, 15) is 4.79 Å². The van der Waals surface area contributed by atoms with Crippen LogP contribution in [0.25, 0.3) is 11.0 Å². The van der Waals surface area contributed by atoms with E-state index in [1.165, 1.54) is 11.8 Å². The van der Waals surface area contributed by atoms with Gasteiger partial charge in [-0.15, -0.1) is 21.9 Å². The third-order valence-corrected chi connectivity index (χ3v) is 5.22. The number of rotatable bonds is 9. The summed E-state index contributed by atoms with van der Waals surface area (Å²) in [6.45, 7) is 4.73. The second kappa shape index (κ2) is 9.76. The molecule has 156 valence electrons. The van der Waals surface area contributed by atoms with Crippen LogP contribution in [0.5, 0.6) is 0 Å². The molecule has 0 unspecified atom stereocenters. The maximum absolute atomic E-state index is 12.1. The molecule has 0 radical (unpaired) electrons. The van der Waals surface area contributed by atoms with Crippen LogP contribution in [0.2, 0.25) is 0 Å². The highest BCUT2D eigenvalue weighted by Gasteiger charge is 2.15. The molecule has 0 bridgehead atoms. The van der Waals surface area contributed by atoms with Crippen LogP contribution in [0, 0.1) is 0 Å². The Morgan fingerprint density at radius 1 is 1.16 bits per heavy atom. The number of para-hydroxylation sites is 1. The zero-order valence-corrected chi connectivity index (χ0v) is 17.3. The van der Waals surface area contributed by atoms with Crippen molar-refractivity contribution in [3.63, 3.8) is 0 Å². The molecular formula is C20H19N9OS. The SMILES string of the molecule is C=CCn1c(Cn2nnc3ccccc32)nnc1SCC(=O)N/N=C\c1ccncc1. The molecule has 31 heavy (non-hydrogen) atoms. The molecule has 0 saturated heterocycles. The van der Waals surface area contributed by atoms with Crippen LogP contribution in [-0.4, -0.2) is 52.6 Å². The first kappa shape index (κ1) is 20.4. The number of nitrogens with zero attached hydrogens (tertiary/aromatic N) is 8. The molecule has 3 heterocycles. The van der Waals surface area contributed by atoms with E-state index in [1.54, 1.807) is 41.5 Å². The maximum atomic E-state index is 12.1. The molecule has 1 amide bonds. The third kappa shape index (κ3) is 5.01. The number of hydrazone groups is 1. The summed E-state index contributed by atoms with van der Waals surface area (Å²) >= 11 is 1.28. The number of carbonyl (C=O) groups excluding carboxylic acids is 1. The van der Waals surface area contributed by atoms with Crippen LogP contribution >= 0.6 is 11.8 Å². The van der Waals surface area contributed by atoms with Crippen LogP contribution in [0.15, 0.2) is 71.7 Å². The topological polar surface area (TPSA) is 116 Å². The van der Waals surface area contributed by atoms with Gasteiger partial charge in [-0.2, -0.15) is 5.10 Å². The van der Waals surface area contributed by atoms with Gasteiger partial charge in [0.25, 0.3) is 5.91 Å². The maximum Gasteiger partial charge on any atom is 0.250 e. The van der Waals surface area contributed by atoms with Crippen LogP contribution in [0.1, 0.15) is 11.4 Å². The van der Waals surface area contributed by atoms with Crippen molar-refractivity contribution in [1.29, 1.82) is 0 Å². The highest BCUT2D eigenvalue weighted by molar-refractivity contribution is 7.99. The number of hydrogen-bond acceptors (Lipinski definition) is 8. The molecular weight excluding hydrogens is 414 g/mol. The number of nitrogens with one attached hydrogen (secondary N) is 1. The van der Waals surface area contributed by atoms with Gasteiger partial charge in [-0.1, -0.05) is 35.2 Å². The van der Waals surface area contributed by atoms with Crippen LogP contribution in [-0.2, 0) is 17.9 Å². The molecule has 0 aliphatic carbocycles. The number of hydrogen-bond donors (Lipinski definition) is 1. The zero-order valence-electron chi connectivity index (χ0n) is 16.5. The van der Waals surface area contributed by atoms with Gasteiger partial charge in [0.05, 0.1) is 17.5 Å². The van der Waals surface area contributed by atoms with Gasteiger partial charge in [0.15, 0.2) is 11.0 Å². The highest BCUT2D eigenvalue weighted by atomic mass is 32.2. The summed E-state index contributed by atoms with van der Waals surface area (Å²) in [5, 5.41) is 21.5. The van der Waals surface area contributed by atoms with E-state index in [2.05, 4.69) is 42.6 Å². The summed E-state index contributed by atoms with van der Waals surface area (Å²) in [7, 11) is 0. The molecule has 10 nitrogen and oxygen atoms in total. The zero-order chi connectivity index (χ0) is 21.5. The fraction of sp³-hybridized carbons (Fsp3) is 0.150. The fourth-order valence-electron chi connectivity index (χ4n) is 2.81. The van der Waals surface area contributed by atoms with Crippen LogP contribution in [0.3, 0.4) is 0 Å². The Balaban J connectivity index is 1.40. The molecule has 3 aromatic heterocycles. The summed E-state index contributed by atoms with van der Waals surface area (Å²) in [4.78, 5) is 16.1. The molecule has 1 N–H and O–H groups in total. The largest absolute Gasteiger partial charge is 0.301 e. The molecule has 1 aromatic carbocycles. The van der Waals surface area contributed by atoms with E-state index >= 15 is 0 Å². The summed E-state index contributed by atoms with van der Waals surface area (Å²) in [6.07, 6.45) is 6.64. The molecule has 4 aromatic rings. The van der Waals surface area contributed by atoms with Gasteiger partial charge < -0.3 is 4.57 Å². The van der Waals surface area contributed by atoms with E-state index in [4.69, 9.17) is 0 Å². The number of amides is 1. The van der Waals surface area contributed by atoms with Crippen molar-refractivity contribution in [2.24, 2.45) is 5.10 Å². The van der Waals surface area contributed by atoms with E-state index in [0.29, 0.717) is 24.1 Å². The van der Waals surface area contributed by atoms with Gasteiger partial charge in [-0.25, -0.2) is 10.1 Å². The minimum Gasteiger partial charge on any atom is -0.301 e. The second-order valence-electron chi connectivity index (χ2n) is 6.40. The van der Waals surface area contributed by atoms with Gasteiger partial charge in [0.1, 0.15) is 12.1 Å². The highest BCUT2D eigenvalue weighted by Crippen LogP contribution is 2.18. The normalized spacial score (nSPS) is 11.2. The smallest absolute Gasteiger partial charge is 0.250 e. The Morgan fingerprint density at radius 3 is 2.84 bits per heavy atom. The Labute approximate surface area is 182 Å². The summed E-state index contributed by atoms with van der Waals surface area (Å²) in [6, 6.07) is 11.3. The molecule has 0 saturated carbocycles. The lowest BCUT2D eigenvalue weighted by Crippen LogP contribution is -2.20. The molecule has 0 atom stereocenters. The molecule has 0 aliphatic heterocycles. The number of carbonyl (C=O) groups is 1. The second-order valence-corrected chi connectivity index (χ2v) is 7.34. The number of fused-ring (bicyclic) bond motifs is 1. The van der Waals surface area contributed by atoms with Crippen molar-refractivity contribution in [3.05, 3.63) is 72.8 Å². The molecule has 0 aliphatic rings. The minimum absolute atomic E-state index is 0.148. The number of thioether (sulfide) groups is 1. The molecule has 0 spiro atoms. The van der Waals surface area contributed by atoms with Crippen molar-refractivity contribution in [2.45, 2.75) is 18.2 Å². The third-order valence-electron chi connectivity index (χ3n) is 4.26. The fourth-order valence-corrected chi connectivity index (χ4v) is 3.57. The van der Waals surface area contributed by atoms with Gasteiger partial charge in [0.2, 0.25) is 0 Å². The first-order valence-corrected chi connectivity index (χ1v) is 10.4. The average molecular weight is 434 g/mol. The van der Waals surface area contributed by atoms with Crippen molar-refractivity contribution in [1.82, 2.24) is 40.2 Å². The van der Waals surface area contributed by atoms with Crippen molar-refractivity contribution < 1.29 is 4.79 Å². The number of allylic oxidation sites excluding steroid dienone is 1. The first-order chi connectivity index (χ1) is 15.2. The van der Waals surface area contributed by atoms with Crippen molar-refractivity contribution in [3.8, 4) is 0 Å². The van der Waals surface area contributed by atoms with E-state index in [0.717, 1.165) is 16.6 Å². The van der Waals surface area contributed by atoms with Crippen LogP contribution in [0.4, 0.5) is 0 Å². The van der Waals surface area contributed by atoms with Gasteiger partial charge in [-0.3, -0.25) is 9.78 Å². The van der Waals surface area contributed by atoms with Crippen molar-refractivity contribution >= 4 is 34.9 Å². The number of pyridine rings is 1. The predicted molar refractivity (Wildman–Crippen MR) is 118 cm³/mol. The number of benzene rings is 1. The average Bonchev–Trinajstić information content (AvgIpc) is 3.38. The lowest BCUT2D eigenvalue weighted by Gasteiger charge is -2.07. The van der Waals surface area contributed by atoms with Gasteiger partial charge >= 0.3 is 0 Å². The molecule has 0 fully saturated rings. The quantitative estimate of drug-likeness (QED) is 0.185. The summed E-state index contributed by atoms with van der Waals surface area (Å²) in [5.41, 5.74) is 5.08. The Kier molecular flexibility index (Phi) is 6.43. The van der Waals surface area contributed by atoms with Crippen LogP contribution < -0.4 is 5.43 Å². The van der Waals surface area contributed by atoms with E-state index in [1.807, 2.05) is 28.8 Å². The monoisotopic (exact) mass is 433 g/mol. The molecule has 11 heteroatoms. The minimum atomic E-state index is -0.243. The Hall–Kier alpha value is -3.86. The first-order valence-electron chi connectivity index (χ1n) is 9.40. The lowest BCUT2D eigenvalue weighted by atomic mass is 10.3. The van der Waals surface area contributed by atoms with Crippen molar-refractivity contribution in [2.75, 3.05) is 5.75 Å². The summed E-state index contributed by atoms with van der Waals surface area (Å²) in [5.74, 6) is 0.608. The predicted octanol–water partition coefficient (Wildman–Crippen LogP) is 1.89. The van der Waals surface area contributed by atoms with Gasteiger partial charge in [0, 0.05) is 18.9 Å². The Bertz CT molecular complexity index is 1220. The Morgan fingerprint density at radius 2 is 2.00 bits per heavy atom. The van der Waals surface area contributed by atoms with E-state index < -0.39 is 0 Å². The number of aromatic nitrogens is 7. The standard InChI is InChI=1S/C20H19N9OS/c1-2-11-28-18(13-29-17-6-4-3-5-16(17)23-27-29)24-26-20(28)31-14-19(30)25-22-12-15-7-9-21-10-8-15/h2-10,12H,1,11,13-14H2,(H,25,30)/b22-12-. The van der Waals surface area contributed by atoms with Gasteiger partial charge in [-0.05, 0) is 29.8 Å². The lowest BCUT2D eigenvalue weighted by molar-refractivity contribution is -0.118. The van der Waals surface area contributed by atoms with E-state index in [-0.39, 0.29) is 11.7 Å².